The fourth-order valence-corrected chi connectivity index (χ4v) is 1.77. The molecule has 0 aromatic carbocycles. The third-order valence-corrected chi connectivity index (χ3v) is 2.84. The van der Waals surface area contributed by atoms with Gasteiger partial charge in [-0.1, -0.05) is 6.92 Å². The van der Waals surface area contributed by atoms with Gasteiger partial charge in [0.25, 0.3) is 5.91 Å². The number of rotatable bonds is 6. The Morgan fingerprint density at radius 3 is 2.74 bits per heavy atom. The van der Waals surface area contributed by atoms with E-state index < -0.39 is 17.9 Å². The number of thiophene rings is 1. The highest BCUT2D eigenvalue weighted by molar-refractivity contribution is 7.12. The smallest absolute Gasteiger partial charge is 0.346 e. The predicted molar refractivity (Wildman–Crippen MR) is 68.6 cm³/mol. The minimum atomic E-state index is -1.05. The monoisotopic (exact) mass is 286 g/mol. The molecule has 0 aliphatic heterocycles. The number of aromatic carboxylic acids is 1. The summed E-state index contributed by atoms with van der Waals surface area (Å²) in [4.78, 5) is 33.2. The van der Waals surface area contributed by atoms with Gasteiger partial charge in [-0.3, -0.25) is 10.1 Å². The number of carbonyl (C=O) groups excluding carboxylic acids is 2. The molecule has 0 bridgehead atoms. The van der Waals surface area contributed by atoms with Crippen LogP contribution in [-0.2, 0) is 4.79 Å². The van der Waals surface area contributed by atoms with Gasteiger partial charge in [-0.15, -0.1) is 11.3 Å². The molecule has 0 saturated heterocycles. The van der Waals surface area contributed by atoms with Crippen LogP contribution >= 0.6 is 11.3 Å². The first-order chi connectivity index (χ1) is 9.02. The molecular formula is C11H14N2O5S. The molecule has 3 amide bonds. The Morgan fingerprint density at radius 2 is 2.16 bits per heavy atom. The van der Waals surface area contributed by atoms with Crippen molar-refractivity contribution in [1.82, 2.24) is 10.6 Å². The van der Waals surface area contributed by atoms with E-state index >= 15 is 0 Å². The van der Waals surface area contributed by atoms with E-state index in [-0.39, 0.29) is 17.2 Å². The molecular weight excluding hydrogens is 272 g/mol. The highest BCUT2D eigenvalue weighted by atomic mass is 32.1. The molecule has 0 spiro atoms. The summed E-state index contributed by atoms with van der Waals surface area (Å²) >= 11 is 0.999. The van der Waals surface area contributed by atoms with Crippen molar-refractivity contribution in [2.45, 2.75) is 13.3 Å². The summed E-state index contributed by atoms with van der Waals surface area (Å²) in [6.45, 7) is 2.02. The number of hydrogen-bond donors (Lipinski definition) is 3. The molecule has 19 heavy (non-hydrogen) atoms. The fraction of sp³-hybridized carbons (Fsp3) is 0.364. The van der Waals surface area contributed by atoms with E-state index in [0.717, 1.165) is 17.8 Å². The fourth-order valence-electron chi connectivity index (χ4n) is 1.10. The highest BCUT2D eigenvalue weighted by Crippen LogP contribution is 2.21. The van der Waals surface area contributed by atoms with E-state index in [1.165, 1.54) is 11.4 Å². The largest absolute Gasteiger partial charge is 0.483 e. The van der Waals surface area contributed by atoms with Crippen molar-refractivity contribution >= 4 is 29.2 Å². The van der Waals surface area contributed by atoms with Crippen LogP contribution in [0.1, 0.15) is 23.0 Å². The number of hydrogen-bond acceptors (Lipinski definition) is 5. The molecule has 1 aromatic heterocycles. The molecule has 104 valence electrons. The average Bonchev–Trinajstić information content (AvgIpc) is 2.83. The summed E-state index contributed by atoms with van der Waals surface area (Å²) in [6, 6.07) is 0.740. The van der Waals surface area contributed by atoms with Gasteiger partial charge >= 0.3 is 12.0 Å². The Morgan fingerprint density at radius 1 is 1.42 bits per heavy atom. The minimum Gasteiger partial charge on any atom is -0.483 e. The molecule has 0 aliphatic carbocycles. The summed E-state index contributed by atoms with van der Waals surface area (Å²) in [5.74, 6) is -1.37. The van der Waals surface area contributed by atoms with Gasteiger partial charge in [0, 0.05) is 18.0 Å². The Hall–Kier alpha value is -2.09. The lowest BCUT2D eigenvalue weighted by Crippen LogP contribution is -2.41. The van der Waals surface area contributed by atoms with E-state index in [0.29, 0.717) is 6.54 Å². The Balaban J connectivity index is 2.33. The lowest BCUT2D eigenvalue weighted by molar-refractivity contribution is -0.122. The maximum Gasteiger partial charge on any atom is 0.346 e. The van der Waals surface area contributed by atoms with Gasteiger partial charge in [-0.25, -0.2) is 9.59 Å². The first-order valence-corrected chi connectivity index (χ1v) is 6.43. The Kier molecular flexibility index (Phi) is 5.80. The maximum atomic E-state index is 11.3. The van der Waals surface area contributed by atoms with Crippen molar-refractivity contribution in [2.75, 3.05) is 13.2 Å². The zero-order chi connectivity index (χ0) is 14.3. The van der Waals surface area contributed by atoms with Gasteiger partial charge in [0.15, 0.2) is 6.61 Å². The molecule has 1 rings (SSSR count). The van der Waals surface area contributed by atoms with Crippen LogP contribution in [0, 0.1) is 0 Å². The molecule has 7 nitrogen and oxygen atoms in total. The summed E-state index contributed by atoms with van der Waals surface area (Å²) < 4.78 is 5.06. The predicted octanol–water partition coefficient (Wildman–Crippen LogP) is 1.06. The third-order valence-electron chi connectivity index (χ3n) is 1.94. The average molecular weight is 286 g/mol. The van der Waals surface area contributed by atoms with Crippen molar-refractivity contribution in [2.24, 2.45) is 0 Å². The van der Waals surface area contributed by atoms with Crippen LogP contribution in [-0.4, -0.2) is 36.2 Å². The molecule has 0 atom stereocenters. The van der Waals surface area contributed by atoms with Gasteiger partial charge < -0.3 is 15.2 Å². The van der Waals surface area contributed by atoms with E-state index in [1.807, 2.05) is 6.92 Å². The van der Waals surface area contributed by atoms with Crippen LogP contribution in [0.25, 0.3) is 0 Å². The van der Waals surface area contributed by atoms with Crippen LogP contribution in [0.5, 0.6) is 5.75 Å². The van der Waals surface area contributed by atoms with Crippen molar-refractivity contribution in [3.63, 3.8) is 0 Å². The maximum absolute atomic E-state index is 11.3. The van der Waals surface area contributed by atoms with Crippen LogP contribution < -0.4 is 15.4 Å². The quantitative estimate of drug-likeness (QED) is 0.725. The number of nitrogens with one attached hydrogen (secondary N) is 2. The number of carbonyl (C=O) groups is 3. The summed E-state index contributed by atoms with van der Waals surface area (Å²) in [6.07, 6.45) is 0.769. The second kappa shape index (κ2) is 7.37. The SMILES string of the molecule is CCCNC(=O)NC(=O)COc1csc(C(=O)O)c1. The number of urea groups is 1. The van der Waals surface area contributed by atoms with Gasteiger partial charge in [0.2, 0.25) is 0 Å². The van der Waals surface area contributed by atoms with Crippen LogP contribution in [0.15, 0.2) is 11.4 Å². The topological polar surface area (TPSA) is 105 Å². The van der Waals surface area contributed by atoms with Crippen molar-refractivity contribution in [3.8, 4) is 5.75 Å². The van der Waals surface area contributed by atoms with E-state index in [1.54, 1.807) is 0 Å². The second-order valence-electron chi connectivity index (χ2n) is 3.54. The molecule has 0 fully saturated rings. The van der Waals surface area contributed by atoms with Crippen molar-refractivity contribution < 1.29 is 24.2 Å². The minimum absolute atomic E-state index is 0.121. The second-order valence-corrected chi connectivity index (χ2v) is 4.46. The number of imide groups is 1. The number of ether oxygens (including phenoxy) is 1. The lowest BCUT2D eigenvalue weighted by atomic mass is 10.4. The van der Waals surface area contributed by atoms with E-state index in [9.17, 15) is 14.4 Å². The first kappa shape index (κ1) is 15.0. The molecule has 1 aromatic rings. The molecule has 1 heterocycles. The Bertz CT molecular complexity index is 471. The molecule has 3 N–H and O–H groups in total. The van der Waals surface area contributed by atoms with E-state index in [4.69, 9.17) is 9.84 Å². The molecule has 0 aliphatic rings. The molecule has 0 radical (unpaired) electrons. The number of carboxylic acid groups (broad SMARTS) is 1. The van der Waals surface area contributed by atoms with Crippen molar-refractivity contribution in [1.29, 1.82) is 0 Å². The van der Waals surface area contributed by atoms with Gasteiger partial charge in [-0.2, -0.15) is 0 Å². The van der Waals surface area contributed by atoms with Gasteiger partial charge in [-0.05, 0) is 6.42 Å². The Labute approximate surface area is 113 Å². The molecule has 0 saturated carbocycles. The zero-order valence-corrected chi connectivity index (χ0v) is 11.1. The highest BCUT2D eigenvalue weighted by Gasteiger charge is 2.10. The zero-order valence-electron chi connectivity index (χ0n) is 10.3. The van der Waals surface area contributed by atoms with Crippen LogP contribution in [0.3, 0.4) is 0 Å². The van der Waals surface area contributed by atoms with Gasteiger partial charge in [0.05, 0.1) is 0 Å². The van der Waals surface area contributed by atoms with Crippen molar-refractivity contribution in [3.05, 3.63) is 16.3 Å². The van der Waals surface area contributed by atoms with Gasteiger partial charge in [0.1, 0.15) is 10.6 Å². The summed E-state index contributed by atoms with van der Waals surface area (Å²) in [7, 11) is 0. The number of amides is 3. The van der Waals surface area contributed by atoms with Crippen LogP contribution in [0.4, 0.5) is 4.79 Å². The summed E-state index contributed by atoms with van der Waals surface area (Å²) in [5.41, 5.74) is 0. The molecule has 0 unspecified atom stereocenters. The summed E-state index contributed by atoms with van der Waals surface area (Å²) in [5, 5.41) is 14.7. The van der Waals surface area contributed by atoms with Crippen LogP contribution in [0.2, 0.25) is 0 Å². The van der Waals surface area contributed by atoms with E-state index in [2.05, 4.69) is 10.6 Å². The first-order valence-electron chi connectivity index (χ1n) is 5.55. The molecule has 8 heteroatoms. The third kappa shape index (κ3) is 5.38. The number of carboxylic acids is 1. The lowest BCUT2D eigenvalue weighted by Gasteiger charge is -2.06. The normalized spacial score (nSPS) is 9.74. The standard InChI is InChI=1S/C11H14N2O5S/c1-2-3-12-11(17)13-9(14)5-18-7-4-8(10(15)16)19-6-7/h4,6H,2-3,5H2,1H3,(H,15,16)(H2,12,13,14,17).